The number of hydrogen-bond donors (Lipinski definition) is 1. The largest absolute Gasteiger partial charge is 0.370 e. The molecular weight excluding hydrogens is 322 g/mol. The Balaban J connectivity index is 1.54. The summed E-state index contributed by atoms with van der Waals surface area (Å²) in [5, 5.41) is 3.09. The lowest BCUT2D eigenvalue weighted by molar-refractivity contribution is -0.135. The second-order valence-electron chi connectivity index (χ2n) is 6.97. The van der Waals surface area contributed by atoms with Crippen LogP contribution in [0.4, 0.5) is 11.4 Å². The number of carbonyl (C=O) groups is 2. The highest BCUT2D eigenvalue weighted by molar-refractivity contribution is 8.01. The Morgan fingerprint density at radius 1 is 1.29 bits per heavy atom. The van der Waals surface area contributed by atoms with Crippen molar-refractivity contribution in [1.29, 1.82) is 0 Å². The molecule has 0 unspecified atom stereocenters. The van der Waals surface area contributed by atoms with E-state index in [2.05, 4.69) is 23.2 Å². The summed E-state index contributed by atoms with van der Waals surface area (Å²) in [5.41, 5.74) is 1.94. The average molecular weight is 345 g/mol. The Bertz CT molecular complexity index is 674. The molecule has 3 saturated heterocycles. The molecule has 3 fully saturated rings. The predicted molar refractivity (Wildman–Crippen MR) is 97.2 cm³/mol. The smallest absolute Gasteiger partial charge is 0.248 e. The van der Waals surface area contributed by atoms with Gasteiger partial charge in [0.15, 0.2) is 0 Å². The summed E-state index contributed by atoms with van der Waals surface area (Å²) < 4.78 is 0. The molecule has 0 spiro atoms. The third-order valence-corrected chi connectivity index (χ3v) is 6.86. The molecule has 3 aliphatic rings. The van der Waals surface area contributed by atoms with Gasteiger partial charge in [-0.1, -0.05) is 12.1 Å². The number of nitrogens with one attached hydrogen (secondary N) is 1. The quantitative estimate of drug-likeness (QED) is 0.915. The van der Waals surface area contributed by atoms with Gasteiger partial charge in [0, 0.05) is 25.3 Å². The zero-order valence-corrected chi connectivity index (χ0v) is 14.8. The molecule has 6 heteroatoms. The molecule has 2 atom stereocenters. The van der Waals surface area contributed by atoms with E-state index in [1.54, 1.807) is 11.8 Å². The van der Waals surface area contributed by atoms with Crippen LogP contribution in [0.25, 0.3) is 0 Å². The molecule has 2 amide bonds. The molecule has 0 radical (unpaired) electrons. The Morgan fingerprint density at radius 3 is 2.83 bits per heavy atom. The number of carbonyl (C=O) groups excluding carboxylic acids is 2. The molecular formula is C18H23N3O2S. The summed E-state index contributed by atoms with van der Waals surface area (Å²) in [5.74, 6) is 0.726. The first-order chi connectivity index (χ1) is 11.6. The lowest BCUT2D eigenvalue weighted by Crippen LogP contribution is -2.48. The minimum Gasteiger partial charge on any atom is -0.370 e. The SMILES string of the molecule is C[C@]12CCC(=O)N1[C@H](C(=O)Nc1ccccc1N1CCCC1)CS2. The summed E-state index contributed by atoms with van der Waals surface area (Å²) in [4.78, 5) is 29.0. The summed E-state index contributed by atoms with van der Waals surface area (Å²) in [6.45, 7) is 4.15. The standard InChI is InChI=1S/C18H23N3O2S/c1-18-9-8-16(22)21(18)15(12-24-18)17(23)19-13-6-2-3-7-14(13)20-10-4-5-11-20/h2-3,6-7,15H,4-5,8-12H2,1H3,(H,19,23)/t15-,18-/m0/s1. The number of para-hydroxylation sites is 2. The van der Waals surface area contributed by atoms with Crippen LogP contribution in [0, 0.1) is 0 Å². The van der Waals surface area contributed by atoms with E-state index in [1.165, 1.54) is 12.8 Å². The molecule has 0 saturated carbocycles. The van der Waals surface area contributed by atoms with Gasteiger partial charge >= 0.3 is 0 Å². The maximum absolute atomic E-state index is 12.9. The Morgan fingerprint density at radius 2 is 2.04 bits per heavy atom. The van der Waals surface area contributed by atoms with E-state index in [-0.39, 0.29) is 22.7 Å². The average Bonchev–Trinajstić information content (AvgIpc) is 3.26. The Labute approximate surface area is 146 Å². The fourth-order valence-corrected chi connectivity index (χ4v) is 5.48. The zero-order chi connectivity index (χ0) is 16.7. The van der Waals surface area contributed by atoms with Crippen molar-refractivity contribution < 1.29 is 9.59 Å². The van der Waals surface area contributed by atoms with Crippen molar-refractivity contribution in [2.24, 2.45) is 0 Å². The van der Waals surface area contributed by atoms with Crippen LogP contribution < -0.4 is 10.2 Å². The van der Waals surface area contributed by atoms with Gasteiger partial charge in [-0.25, -0.2) is 0 Å². The van der Waals surface area contributed by atoms with E-state index in [0.29, 0.717) is 12.2 Å². The van der Waals surface area contributed by atoms with E-state index in [9.17, 15) is 9.59 Å². The second-order valence-corrected chi connectivity index (χ2v) is 8.47. The van der Waals surface area contributed by atoms with Gasteiger partial charge in [-0.05, 0) is 38.3 Å². The van der Waals surface area contributed by atoms with Gasteiger partial charge in [0.05, 0.1) is 16.2 Å². The molecule has 0 aromatic heterocycles. The van der Waals surface area contributed by atoms with Crippen LogP contribution in [0.2, 0.25) is 0 Å². The van der Waals surface area contributed by atoms with Gasteiger partial charge in [-0.3, -0.25) is 9.59 Å². The van der Waals surface area contributed by atoms with Crippen molar-refractivity contribution in [3.05, 3.63) is 24.3 Å². The fraction of sp³-hybridized carbons (Fsp3) is 0.556. The van der Waals surface area contributed by atoms with Crippen LogP contribution in [-0.2, 0) is 9.59 Å². The van der Waals surface area contributed by atoms with Crippen LogP contribution in [0.1, 0.15) is 32.6 Å². The molecule has 0 bridgehead atoms. The van der Waals surface area contributed by atoms with Crippen LogP contribution in [0.3, 0.4) is 0 Å². The van der Waals surface area contributed by atoms with Gasteiger partial charge in [-0.2, -0.15) is 0 Å². The van der Waals surface area contributed by atoms with Crippen molar-refractivity contribution in [3.8, 4) is 0 Å². The number of anilines is 2. The number of rotatable bonds is 3. The van der Waals surface area contributed by atoms with Crippen molar-refractivity contribution in [2.45, 2.75) is 43.5 Å². The molecule has 24 heavy (non-hydrogen) atoms. The normalized spacial score (nSPS) is 29.2. The minimum atomic E-state index is -0.360. The van der Waals surface area contributed by atoms with Gasteiger partial charge < -0.3 is 15.1 Å². The number of amides is 2. The number of thioether (sulfide) groups is 1. The third-order valence-electron chi connectivity index (χ3n) is 5.36. The van der Waals surface area contributed by atoms with E-state index in [1.807, 2.05) is 23.1 Å². The maximum Gasteiger partial charge on any atom is 0.248 e. The number of fused-ring (bicyclic) bond motifs is 1. The van der Waals surface area contributed by atoms with Crippen LogP contribution in [0.15, 0.2) is 24.3 Å². The van der Waals surface area contributed by atoms with Crippen LogP contribution in [0.5, 0.6) is 0 Å². The maximum atomic E-state index is 12.9. The first kappa shape index (κ1) is 15.8. The van der Waals surface area contributed by atoms with Crippen molar-refractivity contribution in [2.75, 3.05) is 29.1 Å². The first-order valence-electron chi connectivity index (χ1n) is 8.69. The number of nitrogens with zero attached hydrogens (tertiary/aromatic N) is 2. The van der Waals surface area contributed by atoms with E-state index in [4.69, 9.17) is 0 Å². The summed E-state index contributed by atoms with van der Waals surface area (Å²) in [7, 11) is 0. The van der Waals surface area contributed by atoms with Crippen molar-refractivity contribution in [3.63, 3.8) is 0 Å². The number of hydrogen-bond acceptors (Lipinski definition) is 4. The zero-order valence-electron chi connectivity index (χ0n) is 14.0. The fourth-order valence-electron chi connectivity index (χ4n) is 4.04. The van der Waals surface area contributed by atoms with Crippen molar-refractivity contribution in [1.82, 2.24) is 4.90 Å². The molecule has 0 aliphatic carbocycles. The highest BCUT2D eigenvalue weighted by Crippen LogP contribution is 2.47. The van der Waals surface area contributed by atoms with Gasteiger partial charge in [0.25, 0.3) is 0 Å². The summed E-state index contributed by atoms with van der Waals surface area (Å²) in [6, 6.07) is 7.62. The molecule has 4 rings (SSSR count). The minimum absolute atomic E-state index is 0.0619. The first-order valence-corrected chi connectivity index (χ1v) is 9.68. The van der Waals surface area contributed by atoms with Gasteiger partial charge in [0.2, 0.25) is 11.8 Å². The lowest BCUT2D eigenvalue weighted by Gasteiger charge is -2.30. The summed E-state index contributed by atoms with van der Waals surface area (Å²) in [6.07, 6.45) is 3.78. The van der Waals surface area contributed by atoms with Crippen molar-refractivity contribution >= 4 is 35.0 Å². The molecule has 3 aliphatic heterocycles. The second kappa shape index (κ2) is 5.99. The molecule has 3 heterocycles. The molecule has 1 aromatic carbocycles. The molecule has 1 aromatic rings. The highest BCUT2D eigenvalue weighted by Gasteiger charge is 2.52. The molecule has 5 nitrogen and oxygen atoms in total. The number of benzene rings is 1. The monoisotopic (exact) mass is 345 g/mol. The summed E-state index contributed by atoms with van der Waals surface area (Å²) >= 11 is 1.73. The molecule has 1 N–H and O–H groups in total. The van der Waals surface area contributed by atoms with E-state index >= 15 is 0 Å². The van der Waals surface area contributed by atoms with Crippen LogP contribution >= 0.6 is 11.8 Å². The molecule has 128 valence electrons. The Hall–Kier alpha value is -1.69. The van der Waals surface area contributed by atoms with E-state index in [0.717, 1.165) is 30.9 Å². The topological polar surface area (TPSA) is 52.7 Å². The lowest BCUT2D eigenvalue weighted by atomic mass is 10.2. The third kappa shape index (κ3) is 2.57. The highest BCUT2D eigenvalue weighted by atomic mass is 32.2. The Kier molecular flexibility index (Phi) is 3.95. The predicted octanol–water partition coefficient (Wildman–Crippen LogP) is 2.68. The van der Waals surface area contributed by atoms with E-state index < -0.39 is 0 Å². The van der Waals surface area contributed by atoms with Crippen LogP contribution in [-0.4, -0.2) is 46.5 Å². The van der Waals surface area contributed by atoms with Gasteiger partial charge in [-0.15, -0.1) is 11.8 Å². The van der Waals surface area contributed by atoms with Gasteiger partial charge in [0.1, 0.15) is 6.04 Å².